The summed E-state index contributed by atoms with van der Waals surface area (Å²) < 4.78 is 10.5. The summed E-state index contributed by atoms with van der Waals surface area (Å²) in [7, 11) is 3.24. The smallest absolute Gasteiger partial charge is 0.271 e. The number of rotatable bonds is 5. The summed E-state index contributed by atoms with van der Waals surface area (Å²) in [6.45, 7) is 0. The van der Waals surface area contributed by atoms with E-state index in [-0.39, 0.29) is 5.91 Å². The minimum atomic E-state index is -0.110. The average Bonchev–Trinajstić information content (AvgIpc) is 3.09. The third-order valence-electron chi connectivity index (χ3n) is 4.53. The number of amidine groups is 1. The zero-order valence-corrected chi connectivity index (χ0v) is 17.4. The second kappa shape index (κ2) is 8.88. The molecule has 5 nitrogen and oxygen atoms in total. The lowest BCUT2D eigenvalue weighted by atomic mass is 10.2. The van der Waals surface area contributed by atoms with Crippen LogP contribution in [0.15, 0.2) is 88.8 Å². The largest absolute Gasteiger partial charge is 0.497 e. The molecular formula is C24H20N2O3S. The van der Waals surface area contributed by atoms with Crippen LogP contribution in [0.1, 0.15) is 5.56 Å². The minimum Gasteiger partial charge on any atom is -0.497 e. The molecule has 150 valence electrons. The SMILES string of the molecule is COc1ccc(N=C2SC(=Cc3ccccc3)C(=O)N2c2ccc(OC)cc2)cc1. The van der Waals surface area contributed by atoms with Gasteiger partial charge in [-0.15, -0.1) is 0 Å². The maximum Gasteiger partial charge on any atom is 0.271 e. The van der Waals surface area contributed by atoms with Gasteiger partial charge in [0.1, 0.15) is 11.5 Å². The van der Waals surface area contributed by atoms with Crippen LogP contribution in [0.25, 0.3) is 6.08 Å². The average molecular weight is 417 g/mol. The van der Waals surface area contributed by atoms with Crippen LogP contribution in [0.3, 0.4) is 0 Å². The molecule has 0 unspecified atom stereocenters. The molecule has 0 spiro atoms. The molecule has 1 amide bonds. The molecule has 0 radical (unpaired) electrons. The number of carbonyl (C=O) groups is 1. The molecule has 0 N–H and O–H groups in total. The molecule has 3 aromatic carbocycles. The third kappa shape index (κ3) is 4.23. The van der Waals surface area contributed by atoms with Gasteiger partial charge in [0.15, 0.2) is 5.17 Å². The lowest BCUT2D eigenvalue weighted by molar-refractivity contribution is -0.113. The normalized spacial score (nSPS) is 16.3. The summed E-state index contributed by atoms with van der Waals surface area (Å²) in [6.07, 6.45) is 1.89. The van der Waals surface area contributed by atoms with Crippen molar-refractivity contribution in [2.75, 3.05) is 19.1 Å². The van der Waals surface area contributed by atoms with Gasteiger partial charge >= 0.3 is 0 Å². The highest BCUT2D eigenvalue weighted by Crippen LogP contribution is 2.38. The third-order valence-corrected chi connectivity index (χ3v) is 5.50. The van der Waals surface area contributed by atoms with E-state index in [1.54, 1.807) is 19.1 Å². The molecule has 1 aliphatic rings. The predicted molar refractivity (Wildman–Crippen MR) is 123 cm³/mol. The van der Waals surface area contributed by atoms with Crippen LogP contribution in [-0.4, -0.2) is 25.3 Å². The molecule has 1 heterocycles. The number of carbonyl (C=O) groups excluding carboxylic acids is 1. The molecule has 30 heavy (non-hydrogen) atoms. The number of thioether (sulfide) groups is 1. The number of benzene rings is 3. The van der Waals surface area contributed by atoms with E-state index in [1.165, 1.54) is 11.8 Å². The summed E-state index contributed by atoms with van der Waals surface area (Å²) >= 11 is 1.36. The quantitative estimate of drug-likeness (QED) is 0.515. The maximum atomic E-state index is 13.3. The first-order valence-corrected chi connectivity index (χ1v) is 10.2. The van der Waals surface area contributed by atoms with Crippen LogP contribution in [0.4, 0.5) is 11.4 Å². The standard InChI is InChI=1S/C24H20N2O3S/c1-28-20-12-8-18(9-13-20)25-24-26(19-10-14-21(29-2)15-11-19)23(27)22(30-24)16-17-6-4-3-5-7-17/h3-16H,1-2H3. The van der Waals surface area contributed by atoms with Gasteiger partial charge in [0.2, 0.25) is 0 Å². The van der Waals surface area contributed by atoms with Crippen molar-refractivity contribution in [2.45, 2.75) is 0 Å². The fourth-order valence-electron chi connectivity index (χ4n) is 2.98. The summed E-state index contributed by atoms with van der Waals surface area (Å²) in [5, 5.41) is 0.595. The van der Waals surface area contributed by atoms with Crippen LogP contribution in [0.2, 0.25) is 0 Å². The van der Waals surface area contributed by atoms with Crippen LogP contribution in [0, 0.1) is 0 Å². The molecule has 0 aromatic heterocycles. The van der Waals surface area contributed by atoms with Crippen molar-refractivity contribution in [3.8, 4) is 11.5 Å². The van der Waals surface area contributed by atoms with Crippen LogP contribution >= 0.6 is 11.8 Å². The summed E-state index contributed by atoms with van der Waals surface area (Å²) in [4.78, 5) is 20.2. The van der Waals surface area contributed by atoms with Crippen molar-refractivity contribution >= 4 is 40.3 Å². The van der Waals surface area contributed by atoms with Crippen LogP contribution in [-0.2, 0) is 4.79 Å². The Labute approximate surface area is 179 Å². The number of nitrogens with zero attached hydrogens (tertiary/aromatic N) is 2. The summed E-state index contributed by atoms with van der Waals surface area (Å²) in [5.74, 6) is 1.37. The lowest BCUT2D eigenvalue weighted by Crippen LogP contribution is -2.28. The molecule has 1 aliphatic heterocycles. The molecule has 1 fully saturated rings. The number of hydrogen-bond acceptors (Lipinski definition) is 5. The molecule has 3 aromatic rings. The fourth-order valence-corrected chi connectivity index (χ4v) is 3.98. The van der Waals surface area contributed by atoms with E-state index in [0.717, 1.165) is 28.4 Å². The molecule has 1 saturated heterocycles. The number of aliphatic imine (C=N–C) groups is 1. The van der Waals surface area contributed by atoms with Gasteiger partial charge in [-0.25, -0.2) is 4.99 Å². The number of amides is 1. The van der Waals surface area contributed by atoms with Crippen molar-refractivity contribution in [3.05, 3.63) is 89.3 Å². The van der Waals surface area contributed by atoms with Gasteiger partial charge in [-0.3, -0.25) is 9.69 Å². The number of anilines is 1. The minimum absolute atomic E-state index is 0.110. The fraction of sp³-hybridized carbons (Fsp3) is 0.0833. The van der Waals surface area contributed by atoms with Crippen molar-refractivity contribution in [1.29, 1.82) is 0 Å². The first-order chi connectivity index (χ1) is 14.7. The molecule has 4 rings (SSSR count). The second-order valence-electron chi connectivity index (χ2n) is 6.45. The van der Waals surface area contributed by atoms with Gasteiger partial charge in [-0.1, -0.05) is 30.3 Å². The second-order valence-corrected chi connectivity index (χ2v) is 7.46. The van der Waals surface area contributed by atoms with Crippen LogP contribution in [0.5, 0.6) is 11.5 Å². The molecule has 6 heteroatoms. The van der Waals surface area contributed by atoms with Gasteiger partial charge in [-0.2, -0.15) is 0 Å². The van der Waals surface area contributed by atoms with E-state index >= 15 is 0 Å². The Morgan fingerprint density at radius 3 is 2.03 bits per heavy atom. The number of ether oxygens (including phenoxy) is 2. The van der Waals surface area contributed by atoms with Gasteiger partial charge in [0.05, 0.1) is 30.5 Å². The molecular weight excluding hydrogens is 396 g/mol. The molecule has 0 bridgehead atoms. The van der Waals surface area contributed by atoms with E-state index in [2.05, 4.69) is 0 Å². The van der Waals surface area contributed by atoms with E-state index in [9.17, 15) is 4.79 Å². The Bertz CT molecular complexity index is 1090. The zero-order chi connectivity index (χ0) is 20.9. The monoisotopic (exact) mass is 416 g/mol. The van der Waals surface area contributed by atoms with Gasteiger partial charge < -0.3 is 9.47 Å². The highest BCUT2D eigenvalue weighted by Gasteiger charge is 2.34. The summed E-state index contributed by atoms with van der Waals surface area (Å²) in [5.41, 5.74) is 2.44. The Morgan fingerprint density at radius 1 is 0.833 bits per heavy atom. The summed E-state index contributed by atoms with van der Waals surface area (Å²) in [6, 6.07) is 24.6. The predicted octanol–water partition coefficient (Wildman–Crippen LogP) is 5.51. The Kier molecular flexibility index (Phi) is 5.86. The maximum absolute atomic E-state index is 13.3. The highest BCUT2D eigenvalue weighted by atomic mass is 32.2. The molecule has 0 atom stereocenters. The van der Waals surface area contributed by atoms with Crippen LogP contribution < -0.4 is 14.4 Å². The van der Waals surface area contributed by atoms with Crippen molar-refractivity contribution in [3.63, 3.8) is 0 Å². The van der Waals surface area contributed by atoms with Gasteiger partial charge in [0.25, 0.3) is 5.91 Å². The number of hydrogen-bond donors (Lipinski definition) is 0. The number of methoxy groups -OCH3 is 2. The highest BCUT2D eigenvalue weighted by molar-refractivity contribution is 8.19. The Balaban J connectivity index is 1.74. The Morgan fingerprint density at radius 2 is 1.43 bits per heavy atom. The first-order valence-electron chi connectivity index (χ1n) is 9.34. The van der Waals surface area contributed by atoms with Crippen molar-refractivity contribution in [1.82, 2.24) is 0 Å². The Hall–Kier alpha value is -3.51. The topological polar surface area (TPSA) is 51.1 Å². The first kappa shape index (κ1) is 19.8. The van der Waals surface area contributed by atoms with E-state index in [4.69, 9.17) is 14.5 Å². The van der Waals surface area contributed by atoms with E-state index < -0.39 is 0 Å². The zero-order valence-electron chi connectivity index (χ0n) is 16.6. The lowest BCUT2D eigenvalue weighted by Gasteiger charge is -2.16. The molecule has 0 saturated carbocycles. The van der Waals surface area contributed by atoms with Gasteiger partial charge in [-0.05, 0) is 71.9 Å². The van der Waals surface area contributed by atoms with E-state index in [0.29, 0.717) is 10.1 Å². The van der Waals surface area contributed by atoms with Crippen molar-refractivity contribution in [2.24, 2.45) is 4.99 Å². The van der Waals surface area contributed by atoms with Gasteiger partial charge in [0, 0.05) is 0 Å². The molecule has 0 aliphatic carbocycles. The van der Waals surface area contributed by atoms with Crippen molar-refractivity contribution < 1.29 is 14.3 Å². The van der Waals surface area contributed by atoms with E-state index in [1.807, 2.05) is 84.9 Å².